The number of anilines is 1. The van der Waals surface area contributed by atoms with Crippen molar-refractivity contribution >= 4 is 16.5 Å². The number of aromatic nitrogens is 3. The first-order valence-corrected chi connectivity index (χ1v) is 6.46. The van der Waals surface area contributed by atoms with Gasteiger partial charge in [-0.05, 0) is 29.8 Å². The number of aryl methyl sites for hydroxylation is 1. The van der Waals surface area contributed by atoms with Crippen LogP contribution in [0.5, 0.6) is 0 Å². The van der Waals surface area contributed by atoms with Crippen LogP contribution in [-0.4, -0.2) is 14.8 Å². The van der Waals surface area contributed by atoms with Gasteiger partial charge in [-0.25, -0.2) is 0 Å². The van der Waals surface area contributed by atoms with Crippen molar-refractivity contribution in [1.29, 1.82) is 0 Å². The quantitative estimate of drug-likeness (QED) is 0.776. The van der Waals surface area contributed by atoms with Crippen LogP contribution in [0.4, 0.5) is 5.69 Å². The zero-order valence-corrected chi connectivity index (χ0v) is 10.9. The Morgan fingerprint density at radius 3 is 2.79 bits per heavy atom. The van der Waals surface area contributed by atoms with E-state index in [2.05, 4.69) is 64.9 Å². The van der Waals surface area contributed by atoms with E-state index in [-0.39, 0.29) is 0 Å². The molecule has 1 heterocycles. The Kier molecular flexibility index (Phi) is 3.14. The summed E-state index contributed by atoms with van der Waals surface area (Å²) in [6.45, 7) is 3.66. The van der Waals surface area contributed by atoms with Gasteiger partial charge in [0.25, 0.3) is 0 Å². The van der Waals surface area contributed by atoms with Gasteiger partial charge in [-0.1, -0.05) is 30.3 Å². The summed E-state index contributed by atoms with van der Waals surface area (Å²) in [5, 5.41) is 13.9. The molecule has 19 heavy (non-hydrogen) atoms. The van der Waals surface area contributed by atoms with Crippen LogP contribution in [0.3, 0.4) is 0 Å². The molecule has 0 aliphatic carbocycles. The van der Waals surface area contributed by atoms with Crippen molar-refractivity contribution in [2.24, 2.45) is 0 Å². The van der Waals surface area contributed by atoms with Crippen LogP contribution < -0.4 is 5.32 Å². The molecule has 0 radical (unpaired) electrons. The molecule has 0 aliphatic heterocycles. The molecule has 96 valence electrons. The predicted octanol–water partition coefficient (Wildman–Crippen LogP) is 3.06. The first-order valence-electron chi connectivity index (χ1n) is 6.46. The summed E-state index contributed by atoms with van der Waals surface area (Å²) < 4.78 is 2.04. The van der Waals surface area contributed by atoms with Crippen LogP contribution >= 0.6 is 0 Å². The minimum Gasteiger partial charge on any atom is -0.378 e. The highest BCUT2D eigenvalue weighted by atomic mass is 15.3. The lowest BCUT2D eigenvalue weighted by atomic mass is 10.1. The number of benzene rings is 2. The van der Waals surface area contributed by atoms with Crippen LogP contribution in [-0.2, 0) is 13.1 Å². The van der Waals surface area contributed by atoms with Crippen molar-refractivity contribution in [3.63, 3.8) is 0 Å². The van der Waals surface area contributed by atoms with Gasteiger partial charge in [-0.3, -0.25) is 0 Å². The highest BCUT2D eigenvalue weighted by Gasteiger charge is 2.02. The Balaban J connectivity index is 1.78. The minimum atomic E-state index is 0.687. The third-order valence-electron chi connectivity index (χ3n) is 3.24. The molecule has 0 amide bonds. The Labute approximate surface area is 112 Å². The Bertz CT molecular complexity index is 687. The van der Waals surface area contributed by atoms with Crippen molar-refractivity contribution in [3.8, 4) is 0 Å². The average Bonchev–Trinajstić information content (AvgIpc) is 2.92. The van der Waals surface area contributed by atoms with Gasteiger partial charge in [0, 0.05) is 12.2 Å². The zero-order chi connectivity index (χ0) is 13.1. The molecule has 0 atom stereocenters. The second-order valence-corrected chi connectivity index (χ2v) is 4.45. The lowest BCUT2D eigenvalue weighted by Gasteiger charge is -2.08. The molecule has 3 aromatic rings. The molecule has 0 spiro atoms. The fourth-order valence-corrected chi connectivity index (χ4v) is 2.16. The fourth-order valence-electron chi connectivity index (χ4n) is 2.16. The van der Waals surface area contributed by atoms with Crippen LogP contribution in [0.2, 0.25) is 0 Å². The van der Waals surface area contributed by atoms with E-state index in [0.29, 0.717) is 6.54 Å². The molecule has 0 saturated heterocycles. The summed E-state index contributed by atoms with van der Waals surface area (Å²) >= 11 is 0. The van der Waals surface area contributed by atoms with Crippen molar-refractivity contribution in [2.45, 2.75) is 20.0 Å². The molecule has 1 aromatic heterocycles. The summed E-state index contributed by atoms with van der Waals surface area (Å²) in [5.41, 5.74) is 1.10. The van der Waals surface area contributed by atoms with E-state index >= 15 is 0 Å². The number of hydrogen-bond acceptors (Lipinski definition) is 3. The fraction of sp³-hybridized carbons (Fsp3) is 0.200. The molecular formula is C15H16N4. The second kappa shape index (κ2) is 5.10. The van der Waals surface area contributed by atoms with E-state index in [1.807, 2.05) is 4.57 Å². The average molecular weight is 252 g/mol. The van der Waals surface area contributed by atoms with Gasteiger partial charge in [0.15, 0.2) is 5.82 Å². The van der Waals surface area contributed by atoms with Crippen molar-refractivity contribution in [2.75, 3.05) is 5.32 Å². The summed E-state index contributed by atoms with van der Waals surface area (Å²) in [5.74, 6) is 0.954. The maximum atomic E-state index is 4.11. The van der Waals surface area contributed by atoms with Gasteiger partial charge >= 0.3 is 0 Å². The lowest BCUT2D eigenvalue weighted by molar-refractivity contribution is 0.708. The first kappa shape index (κ1) is 11.7. The second-order valence-electron chi connectivity index (χ2n) is 4.45. The molecule has 2 aromatic carbocycles. The smallest absolute Gasteiger partial charge is 0.152 e. The van der Waals surface area contributed by atoms with Crippen molar-refractivity contribution < 1.29 is 0 Å². The maximum Gasteiger partial charge on any atom is 0.152 e. The molecule has 0 saturated carbocycles. The standard InChI is InChI=1S/C15H16N4/c1-2-19-11-17-18-15(19)10-16-14-8-7-12-5-3-4-6-13(12)9-14/h3-9,11,16H,2,10H2,1H3. The summed E-state index contributed by atoms with van der Waals surface area (Å²) in [6.07, 6.45) is 1.76. The minimum absolute atomic E-state index is 0.687. The molecule has 0 unspecified atom stereocenters. The molecule has 0 bridgehead atoms. The van der Waals surface area contributed by atoms with Crippen LogP contribution in [0.25, 0.3) is 10.8 Å². The van der Waals surface area contributed by atoms with E-state index in [0.717, 1.165) is 18.1 Å². The third-order valence-corrected chi connectivity index (χ3v) is 3.24. The molecule has 1 N–H and O–H groups in total. The molecule has 4 nitrogen and oxygen atoms in total. The lowest BCUT2D eigenvalue weighted by Crippen LogP contribution is -2.07. The maximum absolute atomic E-state index is 4.11. The number of hydrogen-bond donors (Lipinski definition) is 1. The molecule has 0 fully saturated rings. The van der Waals surface area contributed by atoms with E-state index in [4.69, 9.17) is 0 Å². The number of nitrogens with one attached hydrogen (secondary N) is 1. The molecular weight excluding hydrogens is 236 g/mol. The SMILES string of the molecule is CCn1cnnc1CNc1ccc2ccccc2c1. The largest absolute Gasteiger partial charge is 0.378 e. The Morgan fingerprint density at radius 1 is 1.11 bits per heavy atom. The Hall–Kier alpha value is -2.36. The molecule has 3 rings (SSSR count). The molecule has 4 heteroatoms. The summed E-state index contributed by atoms with van der Waals surface area (Å²) in [4.78, 5) is 0. The first-order chi connectivity index (χ1) is 9.36. The van der Waals surface area contributed by atoms with Crippen molar-refractivity contribution in [1.82, 2.24) is 14.8 Å². The van der Waals surface area contributed by atoms with Crippen LogP contribution in [0.15, 0.2) is 48.8 Å². The Morgan fingerprint density at radius 2 is 1.95 bits per heavy atom. The normalized spacial score (nSPS) is 10.8. The van der Waals surface area contributed by atoms with E-state index < -0.39 is 0 Å². The monoisotopic (exact) mass is 252 g/mol. The topological polar surface area (TPSA) is 42.7 Å². The van der Waals surface area contributed by atoms with Gasteiger partial charge in [0.2, 0.25) is 0 Å². The van der Waals surface area contributed by atoms with E-state index in [9.17, 15) is 0 Å². The zero-order valence-electron chi connectivity index (χ0n) is 10.9. The highest BCUT2D eigenvalue weighted by Crippen LogP contribution is 2.19. The summed E-state index contributed by atoms with van der Waals surface area (Å²) in [6, 6.07) is 14.7. The van der Waals surface area contributed by atoms with E-state index in [1.54, 1.807) is 6.33 Å². The van der Waals surface area contributed by atoms with E-state index in [1.165, 1.54) is 10.8 Å². The summed E-state index contributed by atoms with van der Waals surface area (Å²) in [7, 11) is 0. The van der Waals surface area contributed by atoms with Gasteiger partial charge in [0.1, 0.15) is 6.33 Å². The number of fused-ring (bicyclic) bond motifs is 1. The highest BCUT2D eigenvalue weighted by molar-refractivity contribution is 5.85. The van der Waals surface area contributed by atoms with Crippen molar-refractivity contribution in [3.05, 3.63) is 54.6 Å². The number of rotatable bonds is 4. The number of nitrogens with zero attached hydrogens (tertiary/aromatic N) is 3. The van der Waals surface area contributed by atoms with Gasteiger partial charge in [-0.15, -0.1) is 10.2 Å². The molecule has 0 aliphatic rings. The van der Waals surface area contributed by atoms with Gasteiger partial charge in [0.05, 0.1) is 6.54 Å². The third kappa shape index (κ3) is 2.42. The van der Waals surface area contributed by atoms with Gasteiger partial charge < -0.3 is 9.88 Å². The predicted molar refractivity (Wildman–Crippen MR) is 77.0 cm³/mol. The van der Waals surface area contributed by atoms with Gasteiger partial charge in [-0.2, -0.15) is 0 Å². The van der Waals surface area contributed by atoms with Crippen LogP contribution in [0.1, 0.15) is 12.7 Å². The van der Waals surface area contributed by atoms with Crippen LogP contribution in [0, 0.1) is 0 Å².